The number of hydrogen-bond acceptors (Lipinski definition) is 2. The highest BCUT2D eigenvalue weighted by molar-refractivity contribution is 5.21. The molecular weight excluding hydrogens is 260 g/mol. The Morgan fingerprint density at radius 3 is 1.71 bits per heavy atom. The van der Waals surface area contributed by atoms with Gasteiger partial charge in [-0.05, 0) is 35.8 Å². The molecule has 1 rings (SSSR count). The van der Waals surface area contributed by atoms with Gasteiger partial charge in [-0.25, -0.2) is 0 Å². The Balaban J connectivity index is 2.18. The Hall–Kier alpha value is -0.860. The van der Waals surface area contributed by atoms with Gasteiger partial charge in [0, 0.05) is 13.2 Å². The van der Waals surface area contributed by atoms with Crippen LogP contribution in [0.25, 0.3) is 0 Å². The van der Waals surface area contributed by atoms with Crippen LogP contribution in [0.15, 0.2) is 24.3 Å². The molecule has 0 saturated carbocycles. The van der Waals surface area contributed by atoms with Gasteiger partial charge in [-0.3, -0.25) is 0 Å². The molecule has 2 heteroatoms. The van der Waals surface area contributed by atoms with E-state index < -0.39 is 0 Å². The van der Waals surface area contributed by atoms with E-state index in [1.807, 2.05) is 0 Å². The summed E-state index contributed by atoms with van der Waals surface area (Å²) in [5.41, 5.74) is 2.48. The van der Waals surface area contributed by atoms with Crippen molar-refractivity contribution in [2.24, 2.45) is 11.8 Å². The highest BCUT2D eigenvalue weighted by Crippen LogP contribution is 2.10. The fraction of sp³-hybridized carbons (Fsp3) is 0.684. The summed E-state index contributed by atoms with van der Waals surface area (Å²) in [6.07, 6.45) is 3.51. The van der Waals surface area contributed by atoms with Crippen LogP contribution in [0.3, 0.4) is 0 Å². The Morgan fingerprint density at radius 2 is 1.29 bits per heavy atom. The molecule has 0 aliphatic rings. The molecule has 0 N–H and O–H groups in total. The van der Waals surface area contributed by atoms with Crippen LogP contribution in [0.2, 0.25) is 0 Å². The van der Waals surface area contributed by atoms with Gasteiger partial charge in [0.2, 0.25) is 0 Å². The predicted octanol–water partition coefficient (Wildman–Crippen LogP) is 5.20. The van der Waals surface area contributed by atoms with Gasteiger partial charge in [0.1, 0.15) is 0 Å². The van der Waals surface area contributed by atoms with Gasteiger partial charge in [0.15, 0.2) is 0 Å². The van der Waals surface area contributed by atoms with E-state index in [9.17, 15) is 0 Å². The summed E-state index contributed by atoms with van der Waals surface area (Å²) in [6, 6.07) is 8.57. The molecule has 0 aliphatic heterocycles. The molecule has 1 aromatic carbocycles. The first-order valence-corrected chi connectivity index (χ1v) is 8.35. The number of rotatable bonds is 11. The summed E-state index contributed by atoms with van der Waals surface area (Å²) in [6.45, 7) is 12.1. The first-order chi connectivity index (χ1) is 10.1. The van der Waals surface area contributed by atoms with Crippen LogP contribution in [-0.4, -0.2) is 13.2 Å². The topological polar surface area (TPSA) is 18.5 Å². The van der Waals surface area contributed by atoms with Crippen molar-refractivity contribution in [3.05, 3.63) is 35.4 Å². The molecule has 0 spiro atoms. The van der Waals surface area contributed by atoms with Crippen molar-refractivity contribution in [3.63, 3.8) is 0 Å². The van der Waals surface area contributed by atoms with Crippen LogP contribution >= 0.6 is 0 Å². The van der Waals surface area contributed by atoms with Gasteiger partial charge in [0.25, 0.3) is 0 Å². The third kappa shape index (κ3) is 8.90. The second-order valence-corrected chi connectivity index (χ2v) is 6.41. The van der Waals surface area contributed by atoms with Crippen molar-refractivity contribution in [1.29, 1.82) is 0 Å². The van der Waals surface area contributed by atoms with E-state index in [-0.39, 0.29) is 0 Å². The fourth-order valence-corrected chi connectivity index (χ4v) is 1.92. The highest BCUT2D eigenvalue weighted by Gasteiger charge is 2.00. The Kier molecular flexibility index (Phi) is 9.36. The molecule has 0 aliphatic carbocycles. The maximum atomic E-state index is 5.73. The third-order valence-electron chi connectivity index (χ3n) is 3.85. The summed E-state index contributed by atoms with van der Waals surface area (Å²) in [4.78, 5) is 0. The second-order valence-electron chi connectivity index (χ2n) is 6.41. The highest BCUT2D eigenvalue weighted by atomic mass is 16.5. The molecular formula is C19H32O2. The Labute approximate surface area is 130 Å². The SMILES string of the molecule is CCC(C)CCOCc1ccc(COCCC(C)C)cc1. The van der Waals surface area contributed by atoms with Gasteiger partial charge >= 0.3 is 0 Å². The molecule has 0 bridgehead atoms. The minimum atomic E-state index is 0.708. The molecule has 1 unspecified atom stereocenters. The van der Waals surface area contributed by atoms with E-state index in [1.54, 1.807) is 0 Å². The van der Waals surface area contributed by atoms with E-state index in [4.69, 9.17) is 9.47 Å². The zero-order valence-electron chi connectivity index (χ0n) is 14.2. The normalized spacial score (nSPS) is 12.8. The van der Waals surface area contributed by atoms with E-state index >= 15 is 0 Å². The average Bonchev–Trinajstić information content (AvgIpc) is 2.49. The van der Waals surface area contributed by atoms with Gasteiger partial charge < -0.3 is 9.47 Å². The van der Waals surface area contributed by atoms with Gasteiger partial charge in [-0.15, -0.1) is 0 Å². The summed E-state index contributed by atoms with van der Waals surface area (Å²) in [7, 11) is 0. The summed E-state index contributed by atoms with van der Waals surface area (Å²) in [5.74, 6) is 1.47. The molecule has 0 radical (unpaired) electrons. The first-order valence-electron chi connectivity index (χ1n) is 8.35. The lowest BCUT2D eigenvalue weighted by molar-refractivity contribution is 0.107. The van der Waals surface area contributed by atoms with Crippen molar-refractivity contribution in [3.8, 4) is 0 Å². The molecule has 21 heavy (non-hydrogen) atoms. The lowest BCUT2D eigenvalue weighted by Gasteiger charge is -2.10. The summed E-state index contributed by atoms with van der Waals surface area (Å²) >= 11 is 0. The molecule has 0 saturated heterocycles. The second kappa shape index (κ2) is 10.8. The van der Waals surface area contributed by atoms with Gasteiger partial charge in [0.05, 0.1) is 13.2 Å². The van der Waals surface area contributed by atoms with E-state index in [0.29, 0.717) is 19.1 Å². The van der Waals surface area contributed by atoms with Crippen molar-refractivity contribution < 1.29 is 9.47 Å². The zero-order valence-corrected chi connectivity index (χ0v) is 14.2. The molecule has 2 nitrogen and oxygen atoms in total. The van der Waals surface area contributed by atoms with E-state index in [1.165, 1.54) is 17.5 Å². The third-order valence-corrected chi connectivity index (χ3v) is 3.85. The van der Waals surface area contributed by atoms with Gasteiger partial charge in [-0.2, -0.15) is 0 Å². The van der Waals surface area contributed by atoms with E-state index in [0.717, 1.165) is 32.0 Å². The van der Waals surface area contributed by atoms with Crippen molar-refractivity contribution in [1.82, 2.24) is 0 Å². The fourth-order valence-electron chi connectivity index (χ4n) is 1.92. The largest absolute Gasteiger partial charge is 0.377 e. The Morgan fingerprint density at radius 1 is 0.810 bits per heavy atom. The maximum Gasteiger partial charge on any atom is 0.0716 e. The number of hydrogen-bond donors (Lipinski definition) is 0. The molecule has 0 heterocycles. The van der Waals surface area contributed by atoms with Crippen LogP contribution in [0.4, 0.5) is 0 Å². The molecule has 0 aromatic heterocycles. The predicted molar refractivity (Wildman–Crippen MR) is 89.3 cm³/mol. The first kappa shape index (κ1) is 18.2. The standard InChI is InChI=1S/C19H32O2/c1-5-17(4)11-13-21-15-19-8-6-18(7-9-19)14-20-12-10-16(2)3/h6-9,16-17H,5,10-15H2,1-4H3. The summed E-state index contributed by atoms with van der Waals surface area (Å²) < 4.78 is 11.4. The van der Waals surface area contributed by atoms with Crippen LogP contribution in [0.5, 0.6) is 0 Å². The molecule has 0 amide bonds. The van der Waals surface area contributed by atoms with Crippen molar-refractivity contribution >= 4 is 0 Å². The number of benzene rings is 1. The minimum Gasteiger partial charge on any atom is -0.377 e. The van der Waals surface area contributed by atoms with Gasteiger partial charge in [-0.1, -0.05) is 58.4 Å². The molecule has 1 aromatic rings. The monoisotopic (exact) mass is 292 g/mol. The van der Waals surface area contributed by atoms with Crippen molar-refractivity contribution in [2.75, 3.05) is 13.2 Å². The summed E-state index contributed by atoms with van der Waals surface area (Å²) in [5, 5.41) is 0. The Bertz CT molecular complexity index is 356. The van der Waals surface area contributed by atoms with Crippen LogP contribution < -0.4 is 0 Å². The van der Waals surface area contributed by atoms with Crippen LogP contribution in [-0.2, 0) is 22.7 Å². The quantitative estimate of drug-likeness (QED) is 0.522. The zero-order chi connectivity index (χ0) is 15.5. The molecule has 120 valence electrons. The molecule has 0 fully saturated rings. The lowest BCUT2D eigenvalue weighted by atomic mass is 10.1. The minimum absolute atomic E-state index is 0.708. The van der Waals surface area contributed by atoms with E-state index in [2.05, 4.69) is 52.0 Å². The average molecular weight is 292 g/mol. The van der Waals surface area contributed by atoms with Crippen LogP contribution in [0.1, 0.15) is 58.1 Å². The maximum absolute atomic E-state index is 5.73. The van der Waals surface area contributed by atoms with Crippen molar-refractivity contribution in [2.45, 2.75) is 60.2 Å². The van der Waals surface area contributed by atoms with Crippen LogP contribution in [0, 0.1) is 11.8 Å². The number of ether oxygens (including phenoxy) is 2. The molecule has 1 atom stereocenters. The lowest BCUT2D eigenvalue weighted by Crippen LogP contribution is -2.02. The smallest absolute Gasteiger partial charge is 0.0716 e.